The summed E-state index contributed by atoms with van der Waals surface area (Å²) in [5.74, 6) is 1.73. The molecule has 0 saturated heterocycles. The van der Waals surface area contributed by atoms with Gasteiger partial charge in [0.2, 0.25) is 0 Å². The van der Waals surface area contributed by atoms with Gasteiger partial charge in [0.25, 0.3) is 0 Å². The van der Waals surface area contributed by atoms with E-state index in [1.165, 1.54) is 54.4 Å². The van der Waals surface area contributed by atoms with E-state index in [0.717, 1.165) is 35.8 Å². The second kappa shape index (κ2) is 10.1. The van der Waals surface area contributed by atoms with Crippen LogP contribution in [-0.4, -0.2) is 0 Å². The Morgan fingerprint density at radius 3 is 1.57 bits per heavy atom. The molecule has 0 radical (unpaired) electrons. The first kappa shape index (κ1) is 20.8. The van der Waals surface area contributed by atoms with E-state index < -0.39 is 6.67 Å². The number of rotatable bonds is 7. The summed E-state index contributed by atoms with van der Waals surface area (Å²) in [5, 5.41) is 0. The highest BCUT2D eigenvalue weighted by Crippen LogP contribution is 2.37. The largest absolute Gasteiger partial charge is 0.246 e. The Hall–Kier alpha value is -2.41. The average Bonchev–Trinajstić information content (AvgIpc) is 2.83. The van der Waals surface area contributed by atoms with Gasteiger partial charge in [0.15, 0.2) is 0 Å². The van der Waals surface area contributed by atoms with Crippen LogP contribution in [0.2, 0.25) is 0 Å². The van der Waals surface area contributed by atoms with Crippen LogP contribution < -0.4 is 0 Å². The monoisotopic (exact) mass is 400 g/mol. The van der Waals surface area contributed by atoms with Gasteiger partial charge in [-0.15, -0.1) is 0 Å². The number of halogens is 1. The maximum Gasteiger partial charge on any atom is 0.115 e. The standard InChI is InChI=1S/C29H33F/c1-2-22-5-13-26(14-6-22)27-15-7-23(8-16-27)3-4-24-9-17-28(18-10-24)29-19-11-25(21-30)12-20-29/h7-12,15-20,22,26H,2-6,13-14,21H2,1H3. The van der Waals surface area contributed by atoms with E-state index in [4.69, 9.17) is 0 Å². The molecule has 0 bridgehead atoms. The lowest BCUT2D eigenvalue weighted by atomic mass is 9.78. The van der Waals surface area contributed by atoms with Crippen molar-refractivity contribution in [2.24, 2.45) is 5.92 Å². The molecular weight excluding hydrogens is 367 g/mol. The van der Waals surface area contributed by atoms with Gasteiger partial charge in [-0.1, -0.05) is 86.1 Å². The predicted octanol–water partition coefficient (Wildman–Crippen LogP) is 8.29. The molecule has 0 heterocycles. The Morgan fingerprint density at radius 2 is 1.10 bits per heavy atom. The first-order chi connectivity index (χ1) is 14.7. The summed E-state index contributed by atoms with van der Waals surface area (Å²) in [6, 6.07) is 25.9. The minimum atomic E-state index is -0.403. The van der Waals surface area contributed by atoms with Crippen LogP contribution >= 0.6 is 0 Å². The summed E-state index contributed by atoms with van der Waals surface area (Å²) in [6.07, 6.45) is 9.01. The molecule has 0 unspecified atom stereocenters. The third-order valence-electron chi connectivity index (χ3n) is 6.97. The van der Waals surface area contributed by atoms with Gasteiger partial charge in [0.05, 0.1) is 0 Å². The molecule has 0 amide bonds. The fourth-order valence-corrected chi connectivity index (χ4v) is 4.80. The van der Waals surface area contributed by atoms with Crippen molar-refractivity contribution >= 4 is 0 Å². The maximum absolute atomic E-state index is 12.7. The molecule has 4 rings (SSSR count). The van der Waals surface area contributed by atoms with Gasteiger partial charge in [0.1, 0.15) is 6.67 Å². The number of benzene rings is 3. The van der Waals surface area contributed by atoms with Crippen molar-refractivity contribution in [2.75, 3.05) is 0 Å². The molecule has 156 valence electrons. The van der Waals surface area contributed by atoms with Gasteiger partial charge in [-0.3, -0.25) is 0 Å². The summed E-state index contributed by atoms with van der Waals surface area (Å²) in [5.41, 5.74) is 7.38. The van der Waals surface area contributed by atoms with E-state index in [2.05, 4.69) is 55.5 Å². The average molecular weight is 401 g/mol. The molecule has 0 N–H and O–H groups in total. The summed E-state index contributed by atoms with van der Waals surface area (Å²) in [6.45, 7) is 1.93. The van der Waals surface area contributed by atoms with Crippen LogP contribution in [0, 0.1) is 5.92 Å². The lowest BCUT2D eigenvalue weighted by Crippen LogP contribution is -2.12. The van der Waals surface area contributed by atoms with Crippen molar-refractivity contribution in [3.8, 4) is 11.1 Å². The zero-order chi connectivity index (χ0) is 20.8. The molecular formula is C29H33F. The lowest BCUT2D eigenvalue weighted by Gasteiger charge is -2.28. The summed E-state index contributed by atoms with van der Waals surface area (Å²) >= 11 is 0. The Kier molecular flexibility index (Phi) is 7.00. The fourth-order valence-electron chi connectivity index (χ4n) is 4.80. The van der Waals surface area contributed by atoms with Gasteiger partial charge in [-0.25, -0.2) is 4.39 Å². The predicted molar refractivity (Wildman–Crippen MR) is 126 cm³/mol. The molecule has 1 fully saturated rings. The van der Waals surface area contributed by atoms with E-state index in [9.17, 15) is 4.39 Å². The van der Waals surface area contributed by atoms with Crippen molar-refractivity contribution < 1.29 is 4.39 Å². The number of alkyl halides is 1. The molecule has 3 aromatic rings. The molecule has 1 aliphatic rings. The second-order valence-electron chi connectivity index (χ2n) is 8.89. The minimum Gasteiger partial charge on any atom is -0.246 e. The number of aryl methyl sites for hydroxylation is 2. The van der Waals surface area contributed by atoms with Gasteiger partial charge in [-0.2, -0.15) is 0 Å². The lowest BCUT2D eigenvalue weighted by molar-refractivity contribution is 0.319. The van der Waals surface area contributed by atoms with Gasteiger partial charge < -0.3 is 0 Å². The van der Waals surface area contributed by atoms with Crippen LogP contribution in [0.3, 0.4) is 0 Å². The Bertz CT molecular complexity index is 898. The van der Waals surface area contributed by atoms with Crippen LogP contribution in [0.4, 0.5) is 4.39 Å². The van der Waals surface area contributed by atoms with Crippen molar-refractivity contribution in [2.45, 2.75) is 64.5 Å². The molecule has 0 atom stereocenters. The van der Waals surface area contributed by atoms with Crippen LogP contribution in [0.5, 0.6) is 0 Å². The highest BCUT2D eigenvalue weighted by molar-refractivity contribution is 5.64. The molecule has 1 heteroatoms. The van der Waals surface area contributed by atoms with Crippen molar-refractivity contribution in [3.05, 3.63) is 95.1 Å². The fraction of sp³-hybridized carbons (Fsp3) is 0.379. The molecule has 1 aliphatic carbocycles. The third kappa shape index (κ3) is 5.19. The Morgan fingerprint density at radius 1 is 0.633 bits per heavy atom. The van der Waals surface area contributed by atoms with Crippen LogP contribution in [-0.2, 0) is 19.5 Å². The quantitative estimate of drug-likeness (QED) is 0.374. The van der Waals surface area contributed by atoms with E-state index in [1.54, 1.807) is 0 Å². The maximum atomic E-state index is 12.7. The Labute approximate surface area is 181 Å². The van der Waals surface area contributed by atoms with Crippen LogP contribution in [0.15, 0.2) is 72.8 Å². The SMILES string of the molecule is CCC1CCC(c2ccc(CCc3ccc(-c4ccc(CF)cc4)cc3)cc2)CC1. The van der Waals surface area contributed by atoms with Gasteiger partial charge in [0, 0.05) is 0 Å². The summed E-state index contributed by atoms with van der Waals surface area (Å²) in [7, 11) is 0. The number of hydrogen-bond acceptors (Lipinski definition) is 0. The van der Waals surface area contributed by atoms with E-state index in [1.807, 2.05) is 24.3 Å². The number of hydrogen-bond donors (Lipinski definition) is 0. The van der Waals surface area contributed by atoms with Crippen molar-refractivity contribution in [3.63, 3.8) is 0 Å². The molecule has 0 aromatic heterocycles. The highest BCUT2D eigenvalue weighted by Gasteiger charge is 2.21. The molecule has 0 nitrogen and oxygen atoms in total. The van der Waals surface area contributed by atoms with Crippen LogP contribution in [0.25, 0.3) is 11.1 Å². The third-order valence-corrected chi connectivity index (χ3v) is 6.97. The first-order valence-electron chi connectivity index (χ1n) is 11.6. The van der Waals surface area contributed by atoms with E-state index in [0.29, 0.717) is 0 Å². The zero-order valence-electron chi connectivity index (χ0n) is 18.1. The highest BCUT2D eigenvalue weighted by atomic mass is 19.1. The minimum absolute atomic E-state index is 0.403. The second-order valence-corrected chi connectivity index (χ2v) is 8.89. The normalized spacial score (nSPS) is 19.0. The summed E-state index contributed by atoms with van der Waals surface area (Å²) in [4.78, 5) is 0. The van der Waals surface area contributed by atoms with E-state index in [-0.39, 0.29) is 0 Å². The van der Waals surface area contributed by atoms with Crippen LogP contribution in [0.1, 0.15) is 67.2 Å². The Balaban J connectivity index is 1.31. The molecule has 0 aliphatic heterocycles. The van der Waals surface area contributed by atoms with E-state index >= 15 is 0 Å². The van der Waals surface area contributed by atoms with Gasteiger partial charge in [-0.05, 0) is 83.7 Å². The first-order valence-corrected chi connectivity index (χ1v) is 11.6. The zero-order valence-corrected chi connectivity index (χ0v) is 18.1. The molecule has 3 aromatic carbocycles. The van der Waals surface area contributed by atoms with Crippen molar-refractivity contribution in [1.29, 1.82) is 0 Å². The molecule has 0 spiro atoms. The van der Waals surface area contributed by atoms with Crippen molar-refractivity contribution in [1.82, 2.24) is 0 Å². The molecule has 30 heavy (non-hydrogen) atoms. The molecule has 1 saturated carbocycles. The summed E-state index contributed by atoms with van der Waals surface area (Å²) < 4.78 is 12.7. The topological polar surface area (TPSA) is 0 Å². The smallest absolute Gasteiger partial charge is 0.115 e. The van der Waals surface area contributed by atoms with Gasteiger partial charge >= 0.3 is 0 Å².